The molecule has 0 saturated heterocycles. The van der Waals surface area contributed by atoms with Crippen LogP contribution in [0.15, 0.2) is 42.0 Å². The highest BCUT2D eigenvalue weighted by Crippen LogP contribution is 2.39. The maximum atomic E-state index is 10.9. The lowest BCUT2D eigenvalue weighted by molar-refractivity contribution is -0.136. The second-order valence-electron chi connectivity index (χ2n) is 8.99. The van der Waals surface area contributed by atoms with Crippen LogP contribution in [-0.4, -0.2) is 17.7 Å². The summed E-state index contributed by atoms with van der Waals surface area (Å²) in [6, 6.07) is 12.1. The minimum Gasteiger partial charge on any atom is -0.489 e. The number of benzene rings is 2. The SMILES string of the molecule is Cc1c(CCC(=O)O)ccc(OCC2=C(c3ccc(Cl)cc3)CCC(C(C)C)C2)c1C. The monoisotopic (exact) mass is 440 g/mol. The number of carboxylic acids is 1. The molecular weight excluding hydrogens is 408 g/mol. The zero-order valence-corrected chi connectivity index (χ0v) is 19.8. The molecule has 0 bridgehead atoms. The zero-order valence-electron chi connectivity index (χ0n) is 19.0. The Hall–Kier alpha value is -2.26. The van der Waals surface area contributed by atoms with Crippen molar-refractivity contribution in [3.8, 4) is 5.75 Å². The van der Waals surface area contributed by atoms with Gasteiger partial charge in [0, 0.05) is 11.4 Å². The van der Waals surface area contributed by atoms with Crippen molar-refractivity contribution in [2.24, 2.45) is 11.8 Å². The summed E-state index contributed by atoms with van der Waals surface area (Å²) in [4.78, 5) is 10.9. The summed E-state index contributed by atoms with van der Waals surface area (Å²) in [5.74, 6) is 1.44. The van der Waals surface area contributed by atoms with Gasteiger partial charge in [0.15, 0.2) is 0 Å². The van der Waals surface area contributed by atoms with Crippen molar-refractivity contribution < 1.29 is 14.6 Å². The Labute approximate surface area is 191 Å². The molecule has 2 aromatic carbocycles. The topological polar surface area (TPSA) is 46.5 Å². The number of carboxylic acid groups (broad SMARTS) is 1. The molecule has 31 heavy (non-hydrogen) atoms. The second-order valence-corrected chi connectivity index (χ2v) is 9.43. The van der Waals surface area contributed by atoms with Crippen LogP contribution in [-0.2, 0) is 11.2 Å². The molecule has 1 unspecified atom stereocenters. The first-order valence-electron chi connectivity index (χ1n) is 11.2. The summed E-state index contributed by atoms with van der Waals surface area (Å²) in [5.41, 5.74) is 7.29. The first-order valence-corrected chi connectivity index (χ1v) is 11.5. The molecule has 1 atom stereocenters. The molecule has 0 fully saturated rings. The van der Waals surface area contributed by atoms with Gasteiger partial charge in [0.25, 0.3) is 0 Å². The first kappa shape index (κ1) is 23.4. The predicted molar refractivity (Wildman–Crippen MR) is 128 cm³/mol. The summed E-state index contributed by atoms with van der Waals surface area (Å²) in [7, 11) is 0. The van der Waals surface area contributed by atoms with Crippen LogP contribution >= 0.6 is 11.6 Å². The lowest BCUT2D eigenvalue weighted by atomic mass is 9.77. The summed E-state index contributed by atoms with van der Waals surface area (Å²) in [6.45, 7) is 9.30. The van der Waals surface area contributed by atoms with Crippen LogP contribution in [0.1, 0.15) is 61.8 Å². The standard InChI is InChI=1S/C27H33ClO3/c1-17(2)22-7-12-25(21-5-10-24(28)11-6-21)23(15-22)16-31-26-13-8-20(9-14-27(29)30)18(3)19(26)4/h5-6,8,10-11,13,17,22H,7,9,12,14-16H2,1-4H3,(H,29,30). The fraction of sp³-hybridized carbons (Fsp3) is 0.444. The average molecular weight is 441 g/mol. The van der Waals surface area contributed by atoms with E-state index in [2.05, 4.69) is 32.9 Å². The van der Waals surface area contributed by atoms with E-state index in [1.54, 1.807) is 0 Å². The molecule has 0 amide bonds. The van der Waals surface area contributed by atoms with Crippen molar-refractivity contribution in [3.05, 3.63) is 69.2 Å². The smallest absolute Gasteiger partial charge is 0.303 e. The third kappa shape index (κ3) is 5.92. The summed E-state index contributed by atoms with van der Waals surface area (Å²) < 4.78 is 6.34. The fourth-order valence-corrected chi connectivity index (χ4v) is 4.57. The van der Waals surface area contributed by atoms with Gasteiger partial charge in [-0.05, 0) is 103 Å². The Bertz CT molecular complexity index is 957. The summed E-state index contributed by atoms with van der Waals surface area (Å²) in [6.07, 6.45) is 4.02. The van der Waals surface area contributed by atoms with Crippen LogP contribution in [0, 0.1) is 25.7 Å². The van der Waals surface area contributed by atoms with E-state index < -0.39 is 5.97 Å². The predicted octanol–water partition coefficient (Wildman–Crippen LogP) is 7.26. The van der Waals surface area contributed by atoms with Crippen molar-refractivity contribution in [1.82, 2.24) is 0 Å². The van der Waals surface area contributed by atoms with Gasteiger partial charge in [-0.3, -0.25) is 4.79 Å². The number of aryl methyl sites for hydroxylation is 1. The molecule has 0 aliphatic heterocycles. The van der Waals surface area contributed by atoms with Gasteiger partial charge in [0.2, 0.25) is 0 Å². The molecule has 4 heteroatoms. The van der Waals surface area contributed by atoms with E-state index in [-0.39, 0.29) is 6.42 Å². The van der Waals surface area contributed by atoms with Gasteiger partial charge in [-0.1, -0.05) is 43.6 Å². The Morgan fingerprint density at radius 2 is 1.84 bits per heavy atom. The Morgan fingerprint density at radius 3 is 2.48 bits per heavy atom. The highest BCUT2D eigenvalue weighted by molar-refractivity contribution is 6.30. The highest BCUT2D eigenvalue weighted by atomic mass is 35.5. The second kappa shape index (κ2) is 10.4. The third-order valence-corrected chi connectivity index (χ3v) is 6.95. The Balaban J connectivity index is 1.83. The summed E-state index contributed by atoms with van der Waals surface area (Å²) in [5, 5.41) is 9.73. The van der Waals surface area contributed by atoms with E-state index in [1.165, 1.54) is 23.1 Å². The molecule has 1 aliphatic rings. The van der Waals surface area contributed by atoms with Gasteiger partial charge >= 0.3 is 5.97 Å². The molecular formula is C27H33ClO3. The van der Waals surface area contributed by atoms with E-state index in [9.17, 15) is 4.79 Å². The average Bonchev–Trinajstić information content (AvgIpc) is 2.74. The number of rotatable bonds is 8. The van der Waals surface area contributed by atoms with E-state index in [4.69, 9.17) is 21.4 Å². The van der Waals surface area contributed by atoms with Gasteiger partial charge in [0.05, 0.1) is 0 Å². The molecule has 0 aromatic heterocycles. The van der Waals surface area contributed by atoms with E-state index in [0.717, 1.165) is 40.3 Å². The normalized spacial score (nSPS) is 16.6. The molecule has 3 rings (SSSR count). The van der Waals surface area contributed by atoms with Crippen LogP contribution in [0.4, 0.5) is 0 Å². The van der Waals surface area contributed by atoms with Crippen LogP contribution in [0.25, 0.3) is 5.57 Å². The largest absolute Gasteiger partial charge is 0.489 e. The minimum absolute atomic E-state index is 0.147. The Kier molecular flexibility index (Phi) is 7.83. The minimum atomic E-state index is -0.768. The van der Waals surface area contributed by atoms with Gasteiger partial charge < -0.3 is 9.84 Å². The highest BCUT2D eigenvalue weighted by Gasteiger charge is 2.24. The van der Waals surface area contributed by atoms with Crippen LogP contribution in [0.2, 0.25) is 5.02 Å². The maximum absolute atomic E-state index is 10.9. The van der Waals surface area contributed by atoms with Gasteiger partial charge in [-0.25, -0.2) is 0 Å². The fourth-order valence-electron chi connectivity index (χ4n) is 4.45. The molecule has 3 nitrogen and oxygen atoms in total. The molecule has 2 aromatic rings. The number of hydrogen-bond acceptors (Lipinski definition) is 2. The lowest BCUT2D eigenvalue weighted by Gasteiger charge is -2.30. The first-order chi connectivity index (χ1) is 14.8. The molecule has 166 valence electrons. The number of aliphatic carboxylic acids is 1. The molecule has 0 spiro atoms. The lowest BCUT2D eigenvalue weighted by Crippen LogP contribution is -2.19. The number of halogens is 1. The van der Waals surface area contributed by atoms with Crippen LogP contribution in [0.5, 0.6) is 5.75 Å². The zero-order chi connectivity index (χ0) is 22.5. The van der Waals surface area contributed by atoms with Crippen molar-refractivity contribution in [3.63, 3.8) is 0 Å². The van der Waals surface area contributed by atoms with Crippen molar-refractivity contribution in [1.29, 1.82) is 0 Å². The van der Waals surface area contributed by atoms with Gasteiger partial charge in [-0.15, -0.1) is 0 Å². The van der Waals surface area contributed by atoms with Crippen molar-refractivity contribution in [2.75, 3.05) is 6.61 Å². The number of allylic oxidation sites excluding steroid dienone is 1. The third-order valence-electron chi connectivity index (χ3n) is 6.70. The van der Waals surface area contributed by atoms with Crippen molar-refractivity contribution >= 4 is 23.1 Å². The van der Waals surface area contributed by atoms with E-state index >= 15 is 0 Å². The maximum Gasteiger partial charge on any atom is 0.303 e. The molecule has 0 saturated carbocycles. The molecule has 0 radical (unpaired) electrons. The van der Waals surface area contributed by atoms with Crippen LogP contribution < -0.4 is 4.74 Å². The molecule has 1 aliphatic carbocycles. The van der Waals surface area contributed by atoms with Gasteiger partial charge in [0.1, 0.15) is 12.4 Å². The molecule has 1 N–H and O–H groups in total. The number of carbonyl (C=O) groups is 1. The van der Waals surface area contributed by atoms with Crippen molar-refractivity contribution in [2.45, 2.75) is 59.8 Å². The van der Waals surface area contributed by atoms with Crippen LogP contribution in [0.3, 0.4) is 0 Å². The number of ether oxygens (including phenoxy) is 1. The Morgan fingerprint density at radius 1 is 1.13 bits per heavy atom. The quantitative estimate of drug-likeness (QED) is 0.469. The molecule has 0 heterocycles. The summed E-state index contributed by atoms with van der Waals surface area (Å²) >= 11 is 6.10. The van der Waals surface area contributed by atoms with E-state index in [1.807, 2.05) is 31.2 Å². The van der Waals surface area contributed by atoms with Gasteiger partial charge in [-0.2, -0.15) is 0 Å². The van der Waals surface area contributed by atoms with E-state index in [0.29, 0.717) is 24.9 Å². The number of hydrogen-bond donors (Lipinski definition) is 1.